The second-order valence-electron chi connectivity index (χ2n) is 4.61. The number of nitrogens with zero attached hydrogens (tertiary/aromatic N) is 1. The predicted molar refractivity (Wildman–Crippen MR) is 61.9 cm³/mol. The normalized spacial score (nSPS) is 20.6. The van der Waals surface area contributed by atoms with Gasteiger partial charge >= 0.3 is 5.97 Å². The minimum absolute atomic E-state index is 0.0829. The molecule has 0 amide bonds. The monoisotopic (exact) mass is 257 g/mol. The van der Waals surface area contributed by atoms with E-state index in [1.54, 1.807) is 12.1 Å². The minimum atomic E-state index is -2.27. The Morgan fingerprint density at radius 2 is 2.35 bits per heavy atom. The van der Waals surface area contributed by atoms with Crippen LogP contribution in [0.25, 0.3) is 0 Å². The Morgan fingerprint density at radius 3 is 2.82 bits per heavy atom. The van der Waals surface area contributed by atoms with Crippen molar-refractivity contribution in [3.63, 3.8) is 0 Å². The number of alkyl halides is 1. The van der Waals surface area contributed by atoms with Crippen molar-refractivity contribution in [1.82, 2.24) is 4.98 Å². The summed E-state index contributed by atoms with van der Waals surface area (Å²) in [5.74, 6) is -2.00. The Bertz CT molecular complexity index is 446. The zero-order valence-electron chi connectivity index (χ0n) is 9.36. The maximum Gasteiger partial charge on any atom is 0.341 e. The largest absolute Gasteiger partial charge is 0.479 e. The van der Waals surface area contributed by atoms with Crippen LogP contribution in [0, 0.1) is 5.92 Å². The van der Waals surface area contributed by atoms with Crippen molar-refractivity contribution in [2.45, 2.75) is 31.4 Å². The molecule has 5 heteroatoms. The Morgan fingerprint density at radius 1 is 1.71 bits per heavy atom. The lowest BCUT2D eigenvalue weighted by atomic mass is 9.81. The quantitative estimate of drug-likeness (QED) is 0.844. The summed E-state index contributed by atoms with van der Waals surface area (Å²) in [6.07, 6.45) is 3.19. The van der Waals surface area contributed by atoms with E-state index in [-0.39, 0.29) is 11.1 Å². The molecule has 17 heavy (non-hydrogen) atoms. The van der Waals surface area contributed by atoms with Crippen molar-refractivity contribution >= 4 is 17.6 Å². The Hall–Kier alpha value is -1.16. The molecule has 0 spiro atoms. The van der Waals surface area contributed by atoms with E-state index in [1.165, 1.54) is 6.20 Å². The van der Waals surface area contributed by atoms with Gasteiger partial charge in [0.25, 0.3) is 0 Å². The average Bonchev–Trinajstić information content (AvgIpc) is 3.01. The maximum atomic E-state index is 14.3. The average molecular weight is 258 g/mol. The maximum absolute atomic E-state index is 14.3. The van der Waals surface area contributed by atoms with Crippen LogP contribution in [0.3, 0.4) is 0 Å². The van der Waals surface area contributed by atoms with E-state index in [4.69, 9.17) is 16.7 Å². The van der Waals surface area contributed by atoms with Crippen molar-refractivity contribution in [2.75, 3.05) is 0 Å². The molecule has 1 N–H and O–H groups in total. The Kier molecular flexibility index (Phi) is 3.08. The number of aliphatic carboxylic acids is 1. The molecule has 0 aliphatic heterocycles. The third-order valence-corrected chi connectivity index (χ3v) is 3.41. The minimum Gasteiger partial charge on any atom is -0.479 e. The third-order valence-electron chi connectivity index (χ3n) is 3.21. The van der Waals surface area contributed by atoms with E-state index in [0.29, 0.717) is 5.56 Å². The molecular weight excluding hydrogens is 245 g/mol. The summed E-state index contributed by atoms with van der Waals surface area (Å²) in [6.45, 7) is 1.12. The third kappa shape index (κ3) is 2.41. The van der Waals surface area contributed by atoms with Crippen LogP contribution in [0.1, 0.15) is 31.2 Å². The second-order valence-corrected chi connectivity index (χ2v) is 4.99. The number of carboxylic acid groups (broad SMARTS) is 1. The summed E-state index contributed by atoms with van der Waals surface area (Å²) in [6, 6.07) is 3.18. The van der Waals surface area contributed by atoms with Gasteiger partial charge in [0.2, 0.25) is 5.67 Å². The van der Waals surface area contributed by atoms with E-state index < -0.39 is 17.6 Å². The van der Waals surface area contributed by atoms with E-state index >= 15 is 0 Å². The summed E-state index contributed by atoms with van der Waals surface area (Å²) in [5, 5.41) is 9.25. The van der Waals surface area contributed by atoms with Crippen LogP contribution in [0.4, 0.5) is 4.39 Å². The highest BCUT2D eigenvalue weighted by molar-refractivity contribution is 6.29. The number of aromatic nitrogens is 1. The number of halogens is 2. The molecule has 92 valence electrons. The van der Waals surface area contributed by atoms with Crippen molar-refractivity contribution in [3.8, 4) is 0 Å². The summed E-state index contributed by atoms with van der Waals surface area (Å²) >= 11 is 5.76. The fraction of sp³-hybridized carbons (Fsp3) is 0.500. The molecule has 1 saturated carbocycles. The van der Waals surface area contributed by atoms with Gasteiger partial charge in [-0.05, 0) is 43.4 Å². The van der Waals surface area contributed by atoms with Crippen molar-refractivity contribution < 1.29 is 14.3 Å². The molecule has 1 fully saturated rings. The van der Waals surface area contributed by atoms with E-state index in [9.17, 15) is 9.18 Å². The standard InChI is InChI=1S/C12H13ClFNO2/c1-12(14,11(16)17)10(7-2-3-7)8-4-5-15-9(13)6-8/h4-7,10H,2-3H2,1H3,(H,16,17). The van der Waals surface area contributed by atoms with Crippen LogP contribution in [0.15, 0.2) is 18.3 Å². The van der Waals surface area contributed by atoms with Crippen LogP contribution >= 0.6 is 11.6 Å². The highest BCUT2D eigenvalue weighted by Crippen LogP contribution is 2.49. The fourth-order valence-electron chi connectivity index (χ4n) is 2.20. The summed E-state index contributed by atoms with van der Waals surface area (Å²) in [4.78, 5) is 14.9. The number of carboxylic acids is 1. The lowest BCUT2D eigenvalue weighted by Crippen LogP contribution is -2.38. The number of rotatable bonds is 4. The van der Waals surface area contributed by atoms with E-state index in [0.717, 1.165) is 19.8 Å². The topological polar surface area (TPSA) is 50.2 Å². The summed E-state index contributed by atoms with van der Waals surface area (Å²) in [7, 11) is 0. The van der Waals surface area contributed by atoms with Gasteiger partial charge in [0, 0.05) is 12.1 Å². The first kappa shape index (κ1) is 12.3. The fourth-order valence-corrected chi connectivity index (χ4v) is 2.38. The number of carbonyl (C=O) groups is 1. The van der Waals surface area contributed by atoms with Gasteiger partial charge in [-0.2, -0.15) is 0 Å². The predicted octanol–water partition coefficient (Wildman–Crippen LogP) is 3.04. The number of pyridine rings is 1. The zero-order chi connectivity index (χ0) is 12.6. The molecule has 0 aromatic carbocycles. The van der Waals surface area contributed by atoms with Gasteiger partial charge in [0.15, 0.2) is 0 Å². The van der Waals surface area contributed by atoms with Crippen LogP contribution in [0.5, 0.6) is 0 Å². The van der Waals surface area contributed by atoms with Gasteiger partial charge in [-0.25, -0.2) is 14.2 Å². The van der Waals surface area contributed by atoms with Crippen LogP contribution in [-0.4, -0.2) is 21.7 Å². The summed E-state index contributed by atoms with van der Waals surface area (Å²) < 4.78 is 14.3. The lowest BCUT2D eigenvalue weighted by Gasteiger charge is -2.27. The molecule has 1 aliphatic carbocycles. The van der Waals surface area contributed by atoms with Gasteiger partial charge in [0.05, 0.1) is 0 Å². The van der Waals surface area contributed by atoms with Crippen LogP contribution in [0.2, 0.25) is 5.15 Å². The molecule has 1 aliphatic rings. The molecule has 2 unspecified atom stereocenters. The molecule has 1 aromatic rings. The molecule has 0 bridgehead atoms. The lowest BCUT2D eigenvalue weighted by molar-refractivity contribution is -0.151. The molecule has 2 atom stereocenters. The number of hydrogen-bond donors (Lipinski definition) is 1. The smallest absolute Gasteiger partial charge is 0.341 e. The molecule has 1 heterocycles. The van der Waals surface area contributed by atoms with Crippen molar-refractivity contribution in [1.29, 1.82) is 0 Å². The Balaban J connectivity index is 2.39. The Labute approximate surface area is 104 Å². The first-order chi connectivity index (χ1) is 7.93. The first-order valence-corrected chi connectivity index (χ1v) is 5.84. The first-order valence-electron chi connectivity index (χ1n) is 5.46. The SMILES string of the molecule is CC(F)(C(=O)O)C(c1ccnc(Cl)c1)C1CC1. The van der Waals surface area contributed by atoms with Gasteiger partial charge in [0.1, 0.15) is 5.15 Å². The van der Waals surface area contributed by atoms with Gasteiger partial charge in [-0.15, -0.1) is 0 Å². The molecule has 1 aromatic heterocycles. The highest BCUT2D eigenvalue weighted by atomic mass is 35.5. The van der Waals surface area contributed by atoms with Crippen molar-refractivity contribution in [2.24, 2.45) is 5.92 Å². The molecular formula is C12H13ClFNO2. The van der Waals surface area contributed by atoms with Crippen LogP contribution < -0.4 is 0 Å². The summed E-state index contributed by atoms with van der Waals surface area (Å²) in [5.41, 5.74) is -1.66. The van der Waals surface area contributed by atoms with Crippen molar-refractivity contribution in [3.05, 3.63) is 29.0 Å². The molecule has 0 saturated heterocycles. The zero-order valence-corrected chi connectivity index (χ0v) is 10.1. The second kappa shape index (κ2) is 4.26. The molecule has 2 rings (SSSR count). The highest BCUT2D eigenvalue weighted by Gasteiger charge is 2.50. The van der Waals surface area contributed by atoms with Gasteiger partial charge in [-0.3, -0.25) is 0 Å². The number of hydrogen-bond acceptors (Lipinski definition) is 2. The van der Waals surface area contributed by atoms with E-state index in [2.05, 4.69) is 4.98 Å². The van der Waals surface area contributed by atoms with Gasteiger partial charge < -0.3 is 5.11 Å². The van der Waals surface area contributed by atoms with E-state index in [1.807, 2.05) is 0 Å². The van der Waals surface area contributed by atoms with Crippen LogP contribution in [-0.2, 0) is 4.79 Å². The van der Waals surface area contributed by atoms with Gasteiger partial charge in [-0.1, -0.05) is 11.6 Å². The molecule has 3 nitrogen and oxygen atoms in total. The molecule has 0 radical (unpaired) electrons.